The van der Waals surface area contributed by atoms with Gasteiger partial charge in [0.1, 0.15) is 17.4 Å². The molecule has 0 spiro atoms. The third-order valence-electron chi connectivity index (χ3n) is 4.96. The maximum absolute atomic E-state index is 13.9. The third kappa shape index (κ3) is 5.03. The molecular formula is C22H25BrFNO2S. The van der Waals surface area contributed by atoms with Crippen LogP contribution in [0.3, 0.4) is 0 Å². The molecule has 0 N–H and O–H groups in total. The molecule has 0 aliphatic carbocycles. The average Bonchev–Trinajstić information content (AvgIpc) is 2.68. The van der Waals surface area contributed by atoms with E-state index < -0.39 is 0 Å². The minimum atomic E-state index is -0.284. The van der Waals surface area contributed by atoms with Gasteiger partial charge in [-0.05, 0) is 59.8 Å². The minimum absolute atomic E-state index is 0.124. The van der Waals surface area contributed by atoms with E-state index in [1.165, 1.54) is 6.07 Å². The summed E-state index contributed by atoms with van der Waals surface area (Å²) < 4.78 is 26.4. The van der Waals surface area contributed by atoms with Gasteiger partial charge in [0.05, 0.1) is 11.1 Å². The molecule has 2 aromatic carbocycles. The van der Waals surface area contributed by atoms with Crippen molar-refractivity contribution in [1.82, 2.24) is 4.90 Å². The van der Waals surface area contributed by atoms with Crippen LogP contribution in [0.25, 0.3) is 0 Å². The van der Waals surface area contributed by atoms with Crippen molar-refractivity contribution >= 4 is 33.1 Å². The van der Waals surface area contributed by atoms with Crippen molar-refractivity contribution < 1.29 is 13.9 Å². The van der Waals surface area contributed by atoms with Crippen LogP contribution in [-0.2, 0) is 6.61 Å². The second-order valence-electron chi connectivity index (χ2n) is 7.07. The van der Waals surface area contributed by atoms with E-state index in [0.29, 0.717) is 23.7 Å². The van der Waals surface area contributed by atoms with Crippen LogP contribution >= 0.6 is 28.1 Å². The van der Waals surface area contributed by atoms with Crippen molar-refractivity contribution in [3.05, 3.63) is 57.8 Å². The molecule has 1 aliphatic rings. The van der Waals surface area contributed by atoms with Crippen molar-refractivity contribution in [2.75, 3.05) is 19.7 Å². The maximum atomic E-state index is 13.9. The lowest BCUT2D eigenvalue weighted by Gasteiger charge is -2.32. The summed E-state index contributed by atoms with van der Waals surface area (Å²) >= 11 is 9.33. The van der Waals surface area contributed by atoms with E-state index >= 15 is 0 Å². The average molecular weight is 466 g/mol. The zero-order chi connectivity index (χ0) is 20.1. The van der Waals surface area contributed by atoms with Gasteiger partial charge in [0.15, 0.2) is 11.5 Å². The number of nitrogens with zero attached hydrogens (tertiary/aromatic N) is 1. The first-order valence-electron chi connectivity index (χ1n) is 9.61. The highest BCUT2D eigenvalue weighted by Gasteiger charge is 2.21. The first kappa shape index (κ1) is 21.1. The number of hydrogen-bond acceptors (Lipinski definition) is 3. The fourth-order valence-electron chi connectivity index (χ4n) is 3.25. The summed E-state index contributed by atoms with van der Waals surface area (Å²) in [6, 6.07) is 10.5. The number of thiocarbonyl (C=S) groups is 1. The molecule has 0 radical (unpaired) electrons. The fourth-order valence-corrected chi connectivity index (χ4v) is 4.11. The molecule has 0 amide bonds. The van der Waals surface area contributed by atoms with Crippen LogP contribution in [0.1, 0.15) is 37.8 Å². The maximum Gasteiger partial charge on any atom is 0.175 e. The van der Waals surface area contributed by atoms with E-state index in [1.807, 2.05) is 19.1 Å². The van der Waals surface area contributed by atoms with E-state index in [4.69, 9.17) is 21.7 Å². The van der Waals surface area contributed by atoms with Crippen LogP contribution in [0.15, 0.2) is 40.9 Å². The molecule has 3 rings (SSSR count). The molecule has 1 fully saturated rings. The number of benzene rings is 2. The van der Waals surface area contributed by atoms with Crippen LogP contribution in [0.2, 0.25) is 0 Å². The van der Waals surface area contributed by atoms with Crippen molar-refractivity contribution in [3.8, 4) is 11.5 Å². The van der Waals surface area contributed by atoms with Crippen LogP contribution in [0, 0.1) is 11.7 Å². The van der Waals surface area contributed by atoms with Crippen molar-refractivity contribution in [3.63, 3.8) is 0 Å². The van der Waals surface area contributed by atoms with Crippen LogP contribution in [0.4, 0.5) is 4.39 Å². The second-order valence-corrected chi connectivity index (χ2v) is 8.31. The lowest BCUT2D eigenvalue weighted by atomic mass is 9.99. The van der Waals surface area contributed by atoms with Crippen molar-refractivity contribution in [2.24, 2.45) is 5.92 Å². The Morgan fingerprint density at radius 3 is 2.61 bits per heavy atom. The molecule has 1 saturated heterocycles. The Balaban J connectivity index is 1.81. The number of piperidine rings is 1. The molecule has 0 bridgehead atoms. The van der Waals surface area contributed by atoms with E-state index in [0.717, 1.165) is 46.9 Å². The van der Waals surface area contributed by atoms with Gasteiger partial charge in [-0.15, -0.1) is 0 Å². The third-order valence-corrected chi connectivity index (χ3v) is 6.04. The standard InChI is InChI=1S/C22H25BrFNO2S/c1-3-26-20-13-17(22(28)25-10-8-15(2)9-11-25)12-18(23)21(20)27-14-16-6-4-5-7-19(16)24/h4-7,12-13,15H,3,8-11,14H2,1-2H3. The highest BCUT2D eigenvalue weighted by molar-refractivity contribution is 9.10. The molecule has 0 unspecified atom stereocenters. The molecule has 150 valence electrons. The Hall–Kier alpha value is -1.66. The second kappa shape index (κ2) is 9.70. The van der Waals surface area contributed by atoms with Gasteiger partial charge in [0.2, 0.25) is 0 Å². The summed E-state index contributed by atoms with van der Waals surface area (Å²) in [5, 5.41) is 0. The number of hydrogen-bond donors (Lipinski definition) is 0. The Labute approximate surface area is 180 Å². The molecular weight excluding hydrogens is 441 g/mol. The van der Waals surface area contributed by atoms with Crippen molar-refractivity contribution in [1.29, 1.82) is 0 Å². The van der Waals surface area contributed by atoms with Gasteiger partial charge < -0.3 is 14.4 Å². The molecule has 28 heavy (non-hydrogen) atoms. The summed E-state index contributed by atoms with van der Waals surface area (Å²) in [5.74, 6) is 1.63. The number of likely N-dealkylation sites (tertiary alicyclic amines) is 1. The first-order valence-corrected chi connectivity index (χ1v) is 10.8. The zero-order valence-corrected chi connectivity index (χ0v) is 18.6. The monoisotopic (exact) mass is 465 g/mol. The van der Waals surface area contributed by atoms with Gasteiger partial charge in [0, 0.05) is 24.2 Å². The first-order chi connectivity index (χ1) is 13.5. The molecule has 0 saturated carbocycles. The molecule has 2 aromatic rings. The molecule has 0 aromatic heterocycles. The van der Waals surface area contributed by atoms with Gasteiger partial charge in [-0.25, -0.2) is 4.39 Å². The molecule has 1 heterocycles. The van der Waals surface area contributed by atoms with Crippen LogP contribution in [-0.4, -0.2) is 29.6 Å². The SMILES string of the molecule is CCOc1cc(C(=S)N2CCC(C)CC2)cc(Br)c1OCc1ccccc1F. The lowest BCUT2D eigenvalue weighted by Crippen LogP contribution is -2.37. The van der Waals surface area contributed by atoms with Crippen molar-refractivity contribution in [2.45, 2.75) is 33.3 Å². The van der Waals surface area contributed by atoms with Crippen LogP contribution < -0.4 is 9.47 Å². The quantitative estimate of drug-likeness (QED) is 0.489. The number of ether oxygens (including phenoxy) is 2. The van der Waals surface area contributed by atoms with Gasteiger partial charge in [-0.3, -0.25) is 0 Å². The number of rotatable bonds is 6. The summed E-state index contributed by atoms with van der Waals surface area (Å²) in [5.41, 5.74) is 1.43. The van der Waals surface area contributed by atoms with E-state index in [9.17, 15) is 4.39 Å². The smallest absolute Gasteiger partial charge is 0.175 e. The lowest BCUT2D eigenvalue weighted by molar-refractivity contribution is 0.264. The zero-order valence-electron chi connectivity index (χ0n) is 16.2. The van der Waals surface area contributed by atoms with Gasteiger partial charge in [-0.2, -0.15) is 0 Å². The van der Waals surface area contributed by atoms with Gasteiger partial charge in [-0.1, -0.05) is 37.3 Å². The van der Waals surface area contributed by atoms with E-state index in [2.05, 4.69) is 27.8 Å². The normalized spacial score (nSPS) is 14.8. The number of halogens is 2. The fraction of sp³-hybridized carbons (Fsp3) is 0.409. The predicted molar refractivity (Wildman–Crippen MR) is 118 cm³/mol. The molecule has 1 aliphatic heterocycles. The van der Waals surface area contributed by atoms with Gasteiger partial charge in [0.25, 0.3) is 0 Å². The largest absolute Gasteiger partial charge is 0.490 e. The molecule has 6 heteroatoms. The predicted octanol–water partition coefficient (Wildman–Crippen LogP) is 5.97. The summed E-state index contributed by atoms with van der Waals surface area (Å²) in [6.45, 7) is 6.79. The molecule has 0 atom stereocenters. The summed E-state index contributed by atoms with van der Waals surface area (Å²) in [7, 11) is 0. The van der Waals surface area contributed by atoms with E-state index in [1.54, 1.807) is 18.2 Å². The summed E-state index contributed by atoms with van der Waals surface area (Å²) in [6.07, 6.45) is 2.31. The molecule has 3 nitrogen and oxygen atoms in total. The van der Waals surface area contributed by atoms with Gasteiger partial charge >= 0.3 is 0 Å². The Kier molecular flexibility index (Phi) is 7.30. The Bertz CT molecular complexity index is 837. The highest BCUT2D eigenvalue weighted by Crippen LogP contribution is 2.38. The Morgan fingerprint density at radius 2 is 1.93 bits per heavy atom. The topological polar surface area (TPSA) is 21.7 Å². The highest BCUT2D eigenvalue weighted by atomic mass is 79.9. The summed E-state index contributed by atoms with van der Waals surface area (Å²) in [4.78, 5) is 3.08. The van der Waals surface area contributed by atoms with Crippen LogP contribution in [0.5, 0.6) is 11.5 Å². The van der Waals surface area contributed by atoms with E-state index in [-0.39, 0.29) is 12.4 Å². The Morgan fingerprint density at radius 1 is 1.21 bits per heavy atom. The minimum Gasteiger partial charge on any atom is -0.490 e.